The molecular formula is C22H13BrClFN2O3. The van der Waals surface area contributed by atoms with E-state index in [1.807, 2.05) is 0 Å². The number of carbonyl (C=O) groups excluding carboxylic acids is 2. The standard InChI is InChI=1S/C22H13BrClFN2O3/c23-13-6-4-12(5-7-13)20(28)18-19(17-3-1-2-10-26-17)27(22(30)21(18)29)14-8-9-16(25)15(24)11-14/h1-11,19,28H/b20-18+. The molecule has 3 aromatic rings. The van der Waals surface area contributed by atoms with Crippen molar-refractivity contribution in [2.24, 2.45) is 0 Å². The lowest BCUT2D eigenvalue weighted by Gasteiger charge is -2.24. The number of nitrogens with zero attached hydrogens (tertiary/aromatic N) is 2. The normalized spacial score (nSPS) is 18.1. The summed E-state index contributed by atoms with van der Waals surface area (Å²) in [5, 5.41) is 10.8. The second kappa shape index (κ2) is 8.01. The summed E-state index contributed by atoms with van der Waals surface area (Å²) in [5.41, 5.74) is 0.848. The van der Waals surface area contributed by atoms with Crippen molar-refractivity contribution in [2.45, 2.75) is 6.04 Å². The SMILES string of the molecule is O=C1C(=O)N(c2ccc(F)c(Cl)c2)C(c2ccccn2)/C1=C(\O)c1ccc(Br)cc1. The van der Waals surface area contributed by atoms with Crippen molar-refractivity contribution in [3.05, 3.63) is 99.0 Å². The fourth-order valence-corrected chi connectivity index (χ4v) is 3.75. The predicted octanol–water partition coefficient (Wildman–Crippen LogP) is 5.26. The number of halogens is 3. The van der Waals surface area contributed by atoms with Crippen LogP contribution in [0.1, 0.15) is 17.3 Å². The van der Waals surface area contributed by atoms with Crippen LogP contribution in [0, 0.1) is 5.82 Å². The maximum atomic E-state index is 13.7. The Balaban J connectivity index is 1.94. The van der Waals surface area contributed by atoms with Gasteiger partial charge in [0.15, 0.2) is 0 Å². The Hall–Kier alpha value is -3.03. The number of anilines is 1. The quantitative estimate of drug-likeness (QED) is 0.311. The Morgan fingerprint density at radius 1 is 1.10 bits per heavy atom. The number of Topliss-reactive ketones (excluding diaryl/α,β-unsaturated/α-hetero) is 1. The molecule has 0 aliphatic carbocycles. The molecule has 0 saturated carbocycles. The van der Waals surface area contributed by atoms with Gasteiger partial charge in [-0.2, -0.15) is 0 Å². The second-order valence-electron chi connectivity index (χ2n) is 6.53. The number of ketones is 1. The molecule has 150 valence electrons. The molecule has 1 amide bonds. The van der Waals surface area contributed by atoms with E-state index in [-0.39, 0.29) is 22.0 Å². The molecule has 1 aliphatic rings. The number of aliphatic hydroxyl groups is 1. The molecule has 30 heavy (non-hydrogen) atoms. The van der Waals surface area contributed by atoms with Gasteiger partial charge in [-0.25, -0.2) is 4.39 Å². The fourth-order valence-electron chi connectivity index (χ4n) is 3.31. The molecular weight excluding hydrogens is 475 g/mol. The molecule has 0 spiro atoms. The molecule has 1 saturated heterocycles. The molecule has 0 radical (unpaired) electrons. The summed E-state index contributed by atoms with van der Waals surface area (Å²) in [7, 11) is 0. The lowest BCUT2D eigenvalue weighted by Crippen LogP contribution is -2.29. The summed E-state index contributed by atoms with van der Waals surface area (Å²) < 4.78 is 14.5. The van der Waals surface area contributed by atoms with Crippen LogP contribution in [0.15, 0.2) is 76.9 Å². The van der Waals surface area contributed by atoms with Crippen molar-refractivity contribution < 1.29 is 19.1 Å². The number of carbonyl (C=O) groups is 2. The van der Waals surface area contributed by atoms with E-state index >= 15 is 0 Å². The van der Waals surface area contributed by atoms with Crippen molar-refractivity contribution in [2.75, 3.05) is 4.90 Å². The highest BCUT2D eigenvalue weighted by atomic mass is 79.9. The van der Waals surface area contributed by atoms with Gasteiger partial charge in [-0.1, -0.05) is 45.7 Å². The van der Waals surface area contributed by atoms with E-state index in [2.05, 4.69) is 20.9 Å². The summed E-state index contributed by atoms with van der Waals surface area (Å²) in [6.07, 6.45) is 1.52. The Kier molecular flexibility index (Phi) is 5.40. The van der Waals surface area contributed by atoms with E-state index in [1.165, 1.54) is 23.2 Å². The van der Waals surface area contributed by atoms with Gasteiger partial charge in [-0.15, -0.1) is 0 Å². The molecule has 4 rings (SSSR count). The molecule has 1 atom stereocenters. The number of benzene rings is 2. The molecule has 1 unspecified atom stereocenters. The van der Waals surface area contributed by atoms with Gasteiger partial charge in [0.1, 0.15) is 17.6 Å². The van der Waals surface area contributed by atoms with Crippen LogP contribution < -0.4 is 4.90 Å². The molecule has 1 aliphatic heterocycles. The topological polar surface area (TPSA) is 70.5 Å². The third-order valence-corrected chi connectivity index (χ3v) is 5.53. The van der Waals surface area contributed by atoms with E-state index in [9.17, 15) is 19.1 Å². The van der Waals surface area contributed by atoms with Crippen LogP contribution in [0.25, 0.3) is 5.76 Å². The average molecular weight is 488 g/mol. The number of rotatable bonds is 3. The van der Waals surface area contributed by atoms with Gasteiger partial charge in [-0.3, -0.25) is 19.5 Å². The van der Waals surface area contributed by atoms with Gasteiger partial charge < -0.3 is 5.11 Å². The number of hydrogen-bond donors (Lipinski definition) is 1. The first-order chi connectivity index (χ1) is 14.4. The highest BCUT2D eigenvalue weighted by molar-refractivity contribution is 9.10. The summed E-state index contributed by atoms with van der Waals surface area (Å²) in [6.45, 7) is 0. The van der Waals surface area contributed by atoms with Crippen LogP contribution in [0.4, 0.5) is 10.1 Å². The van der Waals surface area contributed by atoms with Crippen molar-refractivity contribution >= 4 is 50.7 Å². The van der Waals surface area contributed by atoms with Gasteiger partial charge in [0.2, 0.25) is 0 Å². The van der Waals surface area contributed by atoms with E-state index in [0.29, 0.717) is 11.3 Å². The van der Waals surface area contributed by atoms with Crippen LogP contribution in [-0.4, -0.2) is 21.8 Å². The van der Waals surface area contributed by atoms with E-state index in [1.54, 1.807) is 42.5 Å². The van der Waals surface area contributed by atoms with Crippen molar-refractivity contribution in [3.8, 4) is 0 Å². The highest BCUT2D eigenvalue weighted by Gasteiger charge is 2.47. The molecule has 5 nitrogen and oxygen atoms in total. The van der Waals surface area contributed by atoms with Crippen LogP contribution in [-0.2, 0) is 9.59 Å². The second-order valence-corrected chi connectivity index (χ2v) is 7.85. The first-order valence-electron chi connectivity index (χ1n) is 8.81. The Morgan fingerprint density at radius 2 is 1.83 bits per heavy atom. The monoisotopic (exact) mass is 486 g/mol. The highest BCUT2D eigenvalue weighted by Crippen LogP contribution is 2.42. The maximum Gasteiger partial charge on any atom is 0.300 e. The Bertz CT molecular complexity index is 1180. The number of pyridine rings is 1. The summed E-state index contributed by atoms with van der Waals surface area (Å²) in [5.74, 6) is -2.72. The maximum absolute atomic E-state index is 13.7. The lowest BCUT2D eigenvalue weighted by atomic mass is 9.98. The van der Waals surface area contributed by atoms with Gasteiger partial charge in [0.05, 0.1) is 16.3 Å². The minimum Gasteiger partial charge on any atom is -0.507 e. The van der Waals surface area contributed by atoms with Crippen LogP contribution in [0.5, 0.6) is 0 Å². The minimum absolute atomic E-state index is 0.110. The Labute approximate surface area is 184 Å². The molecule has 2 heterocycles. The summed E-state index contributed by atoms with van der Waals surface area (Å²) in [6, 6.07) is 14.4. The first-order valence-corrected chi connectivity index (χ1v) is 9.98. The average Bonchev–Trinajstić information content (AvgIpc) is 3.01. The molecule has 2 aromatic carbocycles. The smallest absolute Gasteiger partial charge is 0.300 e. The van der Waals surface area contributed by atoms with Gasteiger partial charge in [0.25, 0.3) is 11.7 Å². The van der Waals surface area contributed by atoms with E-state index in [0.717, 1.165) is 10.5 Å². The van der Waals surface area contributed by atoms with E-state index < -0.39 is 23.5 Å². The zero-order chi connectivity index (χ0) is 21.4. The van der Waals surface area contributed by atoms with Gasteiger partial charge >= 0.3 is 0 Å². The molecule has 1 aromatic heterocycles. The number of aliphatic hydroxyl groups excluding tert-OH is 1. The first kappa shape index (κ1) is 20.3. The van der Waals surface area contributed by atoms with E-state index in [4.69, 9.17) is 11.6 Å². The lowest BCUT2D eigenvalue weighted by molar-refractivity contribution is -0.132. The zero-order valence-electron chi connectivity index (χ0n) is 15.2. The van der Waals surface area contributed by atoms with Gasteiger partial charge in [-0.05, 0) is 42.5 Å². The molecule has 1 N–H and O–H groups in total. The molecule has 0 bridgehead atoms. The predicted molar refractivity (Wildman–Crippen MR) is 115 cm³/mol. The number of amides is 1. The van der Waals surface area contributed by atoms with Crippen LogP contribution >= 0.6 is 27.5 Å². The molecule has 8 heteroatoms. The van der Waals surface area contributed by atoms with Crippen LogP contribution in [0.2, 0.25) is 5.02 Å². The van der Waals surface area contributed by atoms with Crippen LogP contribution in [0.3, 0.4) is 0 Å². The minimum atomic E-state index is -1.00. The Morgan fingerprint density at radius 3 is 2.47 bits per heavy atom. The van der Waals surface area contributed by atoms with Crippen molar-refractivity contribution in [1.82, 2.24) is 4.98 Å². The van der Waals surface area contributed by atoms with Crippen molar-refractivity contribution in [1.29, 1.82) is 0 Å². The number of aromatic nitrogens is 1. The fraction of sp³-hybridized carbons (Fsp3) is 0.0455. The van der Waals surface area contributed by atoms with Gasteiger partial charge in [0, 0.05) is 21.9 Å². The zero-order valence-corrected chi connectivity index (χ0v) is 17.6. The number of hydrogen-bond acceptors (Lipinski definition) is 4. The summed E-state index contributed by atoms with van der Waals surface area (Å²) >= 11 is 9.22. The largest absolute Gasteiger partial charge is 0.507 e. The summed E-state index contributed by atoms with van der Waals surface area (Å²) in [4.78, 5) is 31.3. The molecule has 1 fully saturated rings. The third kappa shape index (κ3) is 3.51. The third-order valence-electron chi connectivity index (χ3n) is 4.71. The van der Waals surface area contributed by atoms with Crippen molar-refractivity contribution in [3.63, 3.8) is 0 Å².